The largest absolute Gasteiger partial charge is 0.378 e. The molecule has 0 amide bonds. The molecular formula is C11H22O3S. The van der Waals surface area contributed by atoms with Gasteiger partial charge in [0.2, 0.25) is 0 Å². The number of hydrogen-bond acceptors (Lipinski definition) is 4. The smallest absolute Gasteiger partial charge is 0.163 e. The first-order chi connectivity index (χ1) is 6.99. The van der Waals surface area contributed by atoms with Crippen LogP contribution < -0.4 is 0 Å². The maximum Gasteiger partial charge on any atom is 0.163 e. The van der Waals surface area contributed by atoms with E-state index >= 15 is 0 Å². The Hall–Kier alpha value is 0.230. The number of rotatable bonds is 6. The fourth-order valence-electron chi connectivity index (χ4n) is 1.40. The molecular weight excluding hydrogens is 212 g/mol. The summed E-state index contributed by atoms with van der Waals surface area (Å²) in [4.78, 5) is 0. The molecule has 1 rings (SSSR count). The third-order valence-corrected chi connectivity index (χ3v) is 3.12. The van der Waals surface area contributed by atoms with Crippen molar-refractivity contribution < 1.29 is 14.2 Å². The Balaban J connectivity index is 1.97. The van der Waals surface area contributed by atoms with Gasteiger partial charge >= 0.3 is 0 Å². The van der Waals surface area contributed by atoms with Crippen LogP contribution in [0.5, 0.6) is 0 Å². The molecule has 0 aliphatic carbocycles. The predicted octanol–water partition coefficient (Wildman–Crippen LogP) is 2.30. The van der Waals surface area contributed by atoms with Crippen LogP contribution in [0.2, 0.25) is 0 Å². The fraction of sp³-hybridized carbons (Fsp3) is 1.00. The monoisotopic (exact) mass is 234 g/mol. The van der Waals surface area contributed by atoms with Crippen molar-refractivity contribution in [1.29, 1.82) is 0 Å². The number of hydrogen-bond donors (Lipinski definition) is 0. The molecule has 0 spiro atoms. The second-order valence-corrected chi connectivity index (χ2v) is 6.13. The van der Waals surface area contributed by atoms with Gasteiger partial charge < -0.3 is 14.2 Å². The molecule has 0 saturated carbocycles. The zero-order valence-electron chi connectivity index (χ0n) is 10.1. The standard InChI is InChI=1S/C11H22O3S/c1-9(2)15-6-5-12-7-10-8-13-11(3,4)14-10/h9-10H,5-8H2,1-4H3. The lowest BCUT2D eigenvalue weighted by molar-refractivity contribution is -0.144. The summed E-state index contributed by atoms with van der Waals surface area (Å²) in [5.74, 6) is 0.620. The zero-order valence-corrected chi connectivity index (χ0v) is 10.9. The van der Waals surface area contributed by atoms with Crippen LogP contribution in [0.4, 0.5) is 0 Å². The van der Waals surface area contributed by atoms with Crippen molar-refractivity contribution >= 4 is 11.8 Å². The molecule has 0 radical (unpaired) electrons. The van der Waals surface area contributed by atoms with Crippen LogP contribution >= 0.6 is 11.8 Å². The summed E-state index contributed by atoms with van der Waals surface area (Å²) in [7, 11) is 0. The van der Waals surface area contributed by atoms with E-state index in [1.165, 1.54) is 0 Å². The molecule has 0 aromatic heterocycles. The van der Waals surface area contributed by atoms with Gasteiger partial charge in [0.05, 0.1) is 19.8 Å². The van der Waals surface area contributed by atoms with Gasteiger partial charge in [-0.05, 0) is 19.1 Å². The van der Waals surface area contributed by atoms with E-state index in [0.717, 1.165) is 12.4 Å². The van der Waals surface area contributed by atoms with Gasteiger partial charge in [-0.3, -0.25) is 0 Å². The minimum absolute atomic E-state index is 0.101. The first kappa shape index (κ1) is 13.3. The van der Waals surface area contributed by atoms with E-state index in [1.54, 1.807) is 0 Å². The summed E-state index contributed by atoms with van der Waals surface area (Å²) in [6.07, 6.45) is 0.101. The van der Waals surface area contributed by atoms with Crippen molar-refractivity contribution in [3.8, 4) is 0 Å². The maximum absolute atomic E-state index is 5.62. The Morgan fingerprint density at radius 2 is 2.20 bits per heavy atom. The van der Waals surface area contributed by atoms with Gasteiger partial charge in [-0.25, -0.2) is 0 Å². The summed E-state index contributed by atoms with van der Waals surface area (Å²) >= 11 is 1.92. The highest BCUT2D eigenvalue weighted by Gasteiger charge is 2.32. The van der Waals surface area contributed by atoms with Crippen molar-refractivity contribution in [3.05, 3.63) is 0 Å². The summed E-state index contributed by atoms with van der Waals surface area (Å²) < 4.78 is 16.6. The Bertz CT molecular complexity index is 183. The van der Waals surface area contributed by atoms with Gasteiger partial charge in [0.15, 0.2) is 5.79 Å². The van der Waals surface area contributed by atoms with Gasteiger partial charge in [-0.15, -0.1) is 0 Å². The molecule has 90 valence electrons. The Kier molecular flexibility index (Phi) is 5.39. The normalized spacial score (nSPS) is 25.0. The lowest BCUT2D eigenvalue weighted by Crippen LogP contribution is -2.24. The van der Waals surface area contributed by atoms with Crippen molar-refractivity contribution in [2.45, 2.75) is 44.8 Å². The molecule has 1 saturated heterocycles. The van der Waals surface area contributed by atoms with Gasteiger partial charge in [0, 0.05) is 5.75 Å². The zero-order chi connectivity index (χ0) is 11.3. The molecule has 1 atom stereocenters. The van der Waals surface area contributed by atoms with Crippen LogP contribution in [-0.2, 0) is 14.2 Å². The molecule has 0 aromatic carbocycles. The van der Waals surface area contributed by atoms with Crippen LogP contribution in [0.25, 0.3) is 0 Å². The Labute approximate surface area is 96.8 Å². The fourth-order valence-corrected chi connectivity index (χ4v) is 2.09. The summed E-state index contributed by atoms with van der Waals surface area (Å²) in [5.41, 5.74) is 0. The van der Waals surface area contributed by atoms with Gasteiger partial charge in [-0.1, -0.05) is 13.8 Å². The van der Waals surface area contributed by atoms with Crippen LogP contribution in [0, 0.1) is 0 Å². The average molecular weight is 234 g/mol. The van der Waals surface area contributed by atoms with Gasteiger partial charge in [-0.2, -0.15) is 11.8 Å². The average Bonchev–Trinajstić information content (AvgIpc) is 2.44. The minimum atomic E-state index is -0.430. The van der Waals surface area contributed by atoms with Gasteiger partial charge in [0.1, 0.15) is 6.10 Å². The highest BCUT2D eigenvalue weighted by atomic mass is 32.2. The van der Waals surface area contributed by atoms with Crippen LogP contribution in [0.1, 0.15) is 27.7 Å². The first-order valence-electron chi connectivity index (χ1n) is 5.51. The molecule has 15 heavy (non-hydrogen) atoms. The van der Waals surface area contributed by atoms with Crippen LogP contribution in [-0.4, -0.2) is 42.7 Å². The second-order valence-electron chi connectivity index (χ2n) is 4.45. The molecule has 1 fully saturated rings. The van der Waals surface area contributed by atoms with Crippen molar-refractivity contribution in [2.75, 3.05) is 25.6 Å². The number of ether oxygens (including phenoxy) is 3. The van der Waals surface area contributed by atoms with E-state index in [9.17, 15) is 0 Å². The molecule has 1 unspecified atom stereocenters. The van der Waals surface area contributed by atoms with E-state index in [4.69, 9.17) is 14.2 Å². The topological polar surface area (TPSA) is 27.7 Å². The third kappa shape index (κ3) is 5.76. The first-order valence-corrected chi connectivity index (χ1v) is 6.55. The minimum Gasteiger partial charge on any atom is -0.378 e. The molecule has 1 heterocycles. The van der Waals surface area contributed by atoms with Crippen LogP contribution in [0.15, 0.2) is 0 Å². The highest BCUT2D eigenvalue weighted by molar-refractivity contribution is 7.99. The molecule has 1 aliphatic heterocycles. The SMILES string of the molecule is CC(C)SCCOCC1COC(C)(C)O1. The van der Waals surface area contributed by atoms with E-state index < -0.39 is 5.79 Å². The lowest BCUT2D eigenvalue weighted by atomic mass is 10.4. The quantitative estimate of drug-likeness (QED) is 0.659. The summed E-state index contributed by atoms with van der Waals surface area (Å²) in [6, 6.07) is 0. The van der Waals surface area contributed by atoms with Crippen molar-refractivity contribution in [1.82, 2.24) is 0 Å². The summed E-state index contributed by atoms with van der Waals surface area (Å²) in [5, 5.41) is 0.679. The van der Waals surface area contributed by atoms with E-state index in [0.29, 0.717) is 18.5 Å². The van der Waals surface area contributed by atoms with E-state index in [-0.39, 0.29) is 6.10 Å². The van der Waals surface area contributed by atoms with Gasteiger partial charge in [0.25, 0.3) is 0 Å². The van der Waals surface area contributed by atoms with Crippen molar-refractivity contribution in [2.24, 2.45) is 0 Å². The summed E-state index contributed by atoms with van der Waals surface area (Å²) in [6.45, 7) is 10.3. The second kappa shape index (κ2) is 6.09. The molecule has 1 aliphatic rings. The van der Waals surface area contributed by atoms with E-state index in [2.05, 4.69) is 13.8 Å². The molecule has 0 N–H and O–H groups in total. The molecule has 0 aromatic rings. The Morgan fingerprint density at radius 3 is 2.73 bits per heavy atom. The molecule has 3 nitrogen and oxygen atoms in total. The maximum atomic E-state index is 5.62. The lowest BCUT2D eigenvalue weighted by Gasteiger charge is -2.17. The van der Waals surface area contributed by atoms with Crippen molar-refractivity contribution in [3.63, 3.8) is 0 Å². The third-order valence-electron chi connectivity index (χ3n) is 2.05. The highest BCUT2D eigenvalue weighted by Crippen LogP contribution is 2.22. The predicted molar refractivity (Wildman–Crippen MR) is 63.3 cm³/mol. The van der Waals surface area contributed by atoms with Crippen LogP contribution in [0.3, 0.4) is 0 Å². The Morgan fingerprint density at radius 1 is 1.47 bits per heavy atom. The molecule has 0 bridgehead atoms. The molecule has 4 heteroatoms. The number of thioether (sulfide) groups is 1. The van der Waals surface area contributed by atoms with E-state index in [1.807, 2.05) is 25.6 Å².